The largest absolute Gasteiger partial charge is 0.305 e. The van der Waals surface area contributed by atoms with E-state index in [0.29, 0.717) is 11.1 Å². The van der Waals surface area contributed by atoms with Crippen LogP contribution in [0.25, 0.3) is 0 Å². The van der Waals surface area contributed by atoms with Gasteiger partial charge in [0.05, 0.1) is 11.8 Å². The molecule has 2 heterocycles. The number of carbonyl (C=O) groups is 1. The molecule has 6 heteroatoms. The standard InChI is InChI=1S/C10H8N2O.C3H4N2O/c13-10(9-6-11-12-7-9)8-4-2-1-3-5-8;6-3-1-2-4-5-3/h1-7H,(H,11,12);1-2H,(H2,4,5,6). The van der Waals surface area contributed by atoms with Crippen LogP contribution < -0.4 is 5.56 Å². The van der Waals surface area contributed by atoms with Crippen LogP contribution in [0.5, 0.6) is 0 Å². The minimum absolute atomic E-state index is 0.00523. The van der Waals surface area contributed by atoms with Crippen molar-refractivity contribution in [2.45, 2.75) is 0 Å². The predicted octanol–water partition coefficient (Wildman–Crippen LogP) is 1.34. The molecule has 0 spiro atoms. The smallest absolute Gasteiger partial charge is 0.263 e. The Morgan fingerprint density at radius 2 is 1.84 bits per heavy atom. The highest BCUT2D eigenvalue weighted by atomic mass is 16.1. The molecule has 0 aliphatic carbocycles. The Bertz CT molecular complexity index is 651. The maximum Gasteiger partial charge on any atom is 0.263 e. The number of aromatic amines is 3. The summed E-state index contributed by atoms with van der Waals surface area (Å²) in [4.78, 5) is 21.6. The van der Waals surface area contributed by atoms with Gasteiger partial charge in [0, 0.05) is 24.0 Å². The van der Waals surface area contributed by atoms with E-state index in [1.807, 2.05) is 18.2 Å². The summed E-state index contributed by atoms with van der Waals surface area (Å²) in [5.41, 5.74) is 1.19. The Morgan fingerprint density at radius 3 is 2.32 bits per heavy atom. The van der Waals surface area contributed by atoms with Crippen LogP contribution >= 0.6 is 0 Å². The lowest BCUT2D eigenvalue weighted by Gasteiger charge is -1.95. The average molecular weight is 256 g/mol. The number of benzene rings is 1. The van der Waals surface area contributed by atoms with E-state index >= 15 is 0 Å². The molecule has 0 fully saturated rings. The van der Waals surface area contributed by atoms with Crippen LogP contribution in [0.15, 0.2) is 59.8 Å². The molecule has 96 valence electrons. The van der Waals surface area contributed by atoms with Crippen molar-refractivity contribution in [2.75, 3.05) is 0 Å². The molecule has 3 N–H and O–H groups in total. The molecule has 19 heavy (non-hydrogen) atoms. The minimum atomic E-state index is -0.0880. The summed E-state index contributed by atoms with van der Waals surface area (Å²) < 4.78 is 0. The quantitative estimate of drug-likeness (QED) is 0.604. The van der Waals surface area contributed by atoms with Crippen LogP contribution in [-0.4, -0.2) is 26.2 Å². The van der Waals surface area contributed by atoms with Gasteiger partial charge < -0.3 is 5.10 Å². The molecule has 0 saturated carbocycles. The number of nitrogens with one attached hydrogen (secondary N) is 3. The monoisotopic (exact) mass is 256 g/mol. The number of aromatic nitrogens is 4. The summed E-state index contributed by atoms with van der Waals surface area (Å²) in [7, 11) is 0. The first-order valence-electron chi connectivity index (χ1n) is 5.58. The zero-order chi connectivity index (χ0) is 13.5. The number of nitrogens with zero attached hydrogens (tertiary/aromatic N) is 1. The molecule has 0 atom stereocenters. The highest BCUT2D eigenvalue weighted by Crippen LogP contribution is 2.06. The zero-order valence-corrected chi connectivity index (χ0v) is 9.96. The third-order valence-corrected chi connectivity index (χ3v) is 2.31. The van der Waals surface area contributed by atoms with Gasteiger partial charge in [0.1, 0.15) is 0 Å². The first kappa shape index (κ1) is 12.6. The van der Waals surface area contributed by atoms with Crippen LogP contribution in [0, 0.1) is 0 Å². The zero-order valence-electron chi connectivity index (χ0n) is 9.96. The Labute approximate surface area is 108 Å². The van der Waals surface area contributed by atoms with Gasteiger partial charge in [-0.2, -0.15) is 5.10 Å². The minimum Gasteiger partial charge on any atom is -0.305 e. The van der Waals surface area contributed by atoms with Crippen molar-refractivity contribution < 1.29 is 4.79 Å². The van der Waals surface area contributed by atoms with E-state index < -0.39 is 0 Å². The molecular weight excluding hydrogens is 244 g/mol. The molecule has 3 rings (SSSR count). The fourth-order valence-corrected chi connectivity index (χ4v) is 1.40. The molecule has 2 aromatic heterocycles. The molecule has 0 radical (unpaired) electrons. The number of H-pyrrole nitrogens is 3. The van der Waals surface area contributed by atoms with Crippen LogP contribution in [0.1, 0.15) is 15.9 Å². The second-order valence-corrected chi connectivity index (χ2v) is 3.65. The van der Waals surface area contributed by atoms with E-state index in [0.717, 1.165) is 0 Å². The van der Waals surface area contributed by atoms with Gasteiger partial charge in [-0.15, -0.1) is 0 Å². The summed E-state index contributed by atoms with van der Waals surface area (Å²) in [6, 6.07) is 10.6. The normalized spacial score (nSPS) is 9.47. The summed E-state index contributed by atoms with van der Waals surface area (Å²) in [6.45, 7) is 0. The third-order valence-electron chi connectivity index (χ3n) is 2.31. The van der Waals surface area contributed by atoms with Gasteiger partial charge in [0.25, 0.3) is 5.56 Å². The van der Waals surface area contributed by atoms with Gasteiger partial charge in [0.15, 0.2) is 5.78 Å². The maximum absolute atomic E-state index is 11.6. The Morgan fingerprint density at radius 1 is 1.05 bits per heavy atom. The SMILES string of the molecule is O=C(c1ccccc1)c1cn[nH]c1.O=c1cc[nH][nH]1. The van der Waals surface area contributed by atoms with Gasteiger partial charge in [-0.1, -0.05) is 30.3 Å². The maximum atomic E-state index is 11.6. The Balaban J connectivity index is 0.000000186. The fourth-order valence-electron chi connectivity index (χ4n) is 1.40. The van der Waals surface area contributed by atoms with E-state index in [-0.39, 0.29) is 11.3 Å². The van der Waals surface area contributed by atoms with Crippen molar-refractivity contribution in [2.24, 2.45) is 0 Å². The van der Waals surface area contributed by atoms with E-state index in [9.17, 15) is 9.59 Å². The molecule has 0 saturated heterocycles. The second-order valence-electron chi connectivity index (χ2n) is 3.65. The Kier molecular flexibility index (Phi) is 4.07. The topological polar surface area (TPSA) is 94.4 Å². The van der Waals surface area contributed by atoms with Crippen LogP contribution in [0.4, 0.5) is 0 Å². The van der Waals surface area contributed by atoms with Crippen molar-refractivity contribution in [1.29, 1.82) is 0 Å². The molecule has 3 aromatic rings. The number of carbonyl (C=O) groups excluding carboxylic acids is 1. The number of hydrogen-bond acceptors (Lipinski definition) is 3. The molecular formula is C13H12N4O2. The van der Waals surface area contributed by atoms with E-state index in [2.05, 4.69) is 20.4 Å². The lowest BCUT2D eigenvalue weighted by atomic mass is 10.1. The molecule has 0 aliphatic rings. The number of ketones is 1. The van der Waals surface area contributed by atoms with Crippen molar-refractivity contribution in [3.8, 4) is 0 Å². The van der Waals surface area contributed by atoms with E-state index in [1.165, 1.54) is 12.3 Å². The van der Waals surface area contributed by atoms with Gasteiger partial charge in [-0.25, -0.2) is 0 Å². The van der Waals surface area contributed by atoms with Crippen molar-refractivity contribution >= 4 is 5.78 Å². The van der Waals surface area contributed by atoms with Crippen molar-refractivity contribution in [3.63, 3.8) is 0 Å². The summed E-state index contributed by atoms with van der Waals surface area (Å²) in [6.07, 6.45) is 4.66. The molecule has 0 amide bonds. The Hall–Kier alpha value is -2.89. The highest BCUT2D eigenvalue weighted by Gasteiger charge is 2.08. The summed E-state index contributed by atoms with van der Waals surface area (Å²) in [5, 5.41) is 11.1. The average Bonchev–Trinajstić information content (AvgIpc) is 3.12. The number of hydrogen-bond donors (Lipinski definition) is 3. The molecule has 0 aliphatic heterocycles. The highest BCUT2D eigenvalue weighted by molar-refractivity contribution is 6.08. The van der Waals surface area contributed by atoms with Crippen molar-refractivity contribution in [1.82, 2.24) is 20.4 Å². The second kappa shape index (κ2) is 6.15. The van der Waals surface area contributed by atoms with E-state index in [4.69, 9.17) is 0 Å². The molecule has 1 aromatic carbocycles. The molecule has 0 unspecified atom stereocenters. The van der Waals surface area contributed by atoms with Crippen LogP contribution in [0.2, 0.25) is 0 Å². The first-order valence-corrected chi connectivity index (χ1v) is 5.58. The van der Waals surface area contributed by atoms with Crippen LogP contribution in [-0.2, 0) is 0 Å². The lowest BCUT2D eigenvalue weighted by Crippen LogP contribution is -1.98. The summed E-state index contributed by atoms with van der Waals surface area (Å²) >= 11 is 0. The third kappa shape index (κ3) is 3.53. The first-order chi connectivity index (χ1) is 9.27. The molecule has 0 bridgehead atoms. The van der Waals surface area contributed by atoms with Gasteiger partial charge in [-0.05, 0) is 0 Å². The van der Waals surface area contributed by atoms with Crippen molar-refractivity contribution in [3.05, 3.63) is 76.5 Å². The summed E-state index contributed by atoms with van der Waals surface area (Å²) in [5.74, 6) is -0.00523. The lowest BCUT2D eigenvalue weighted by molar-refractivity contribution is 0.103. The molecule has 6 nitrogen and oxygen atoms in total. The predicted molar refractivity (Wildman–Crippen MR) is 69.9 cm³/mol. The van der Waals surface area contributed by atoms with E-state index in [1.54, 1.807) is 24.5 Å². The van der Waals surface area contributed by atoms with Gasteiger partial charge >= 0.3 is 0 Å². The van der Waals surface area contributed by atoms with Gasteiger partial charge in [0.2, 0.25) is 0 Å². The van der Waals surface area contributed by atoms with Crippen LogP contribution in [0.3, 0.4) is 0 Å². The fraction of sp³-hybridized carbons (Fsp3) is 0. The number of rotatable bonds is 2. The van der Waals surface area contributed by atoms with Gasteiger partial charge in [-0.3, -0.25) is 19.8 Å².